The number of H-pyrrole nitrogens is 1. The fourth-order valence-corrected chi connectivity index (χ4v) is 5.64. The Bertz CT molecular complexity index is 1450. The number of ether oxygens (including phenoxy) is 4. The number of amides is 1. The van der Waals surface area contributed by atoms with Crippen LogP contribution < -0.4 is 14.8 Å². The van der Waals surface area contributed by atoms with Crippen molar-refractivity contribution in [3.05, 3.63) is 35.3 Å². The van der Waals surface area contributed by atoms with Gasteiger partial charge in [-0.1, -0.05) is 0 Å². The van der Waals surface area contributed by atoms with E-state index in [2.05, 4.69) is 31.2 Å². The zero-order valence-electron chi connectivity index (χ0n) is 22.8. The SMILES string of the molecule is COc1cc(C(=O)N2CCC(N3CCOCC3)CC2)c(F)cc1Nc1nc(OC2CCOC2)c2c(C#N)c[nH]c2n1. The Balaban J connectivity index is 1.21. The van der Waals surface area contributed by atoms with Crippen molar-refractivity contribution < 1.29 is 28.1 Å². The Morgan fingerprint density at radius 3 is 2.66 bits per heavy atom. The lowest BCUT2D eigenvalue weighted by atomic mass is 10.0. The van der Waals surface area contributed by atoms with Gasteiger partial charge < -0.3 is 34.1 Å². The summed E-state index contributed by atoms with van der Waals surface area (Å²) >= 11 is 0. The van der Waals surface area contributed by atoms with Gasteiger partial charge in [0, 0.05) is 50.9 Å². The second kappa shape index (κ2) is 11.9. The van der Waals surface area contributed by atoms with E-state index in [0.717, 1.165) is 39.1 Å². The number of hydrogen-bond donors (Lipinski definition) is 2. The van der Waals surface area contributed by atoms with Gasteiger partial charge in [0.15, 0.2) is 0 Å². The predicted octanol–water partition coefficient (Wildman–Crippen LogP) is 2.83. The van der Waals surface area contributed by atoms with Gasteiger partial charge in [0.2, 0.25) is 11.8 Å². The number of nitriles is 1. The Morgan fingerprint density at radius 1 is 1.15 bits per heavy atom. The number of likely N-dealkylation sites (tertiary alicyclic amines) is 1. The summed E-state index contributed by atoms with van der Waals surface area (Å²) < 4.78 is 37.8. The average molecular weight is 566 g/mol. The van der Waals surface area contributed by atoms with Gasteiger partial charge in [-0.2, -0.15) is 15.2 Å². The van der Waals surface area contributed by atoms with Crippen molar-refractivity contribution in [2.24, 2.45) is 0 Å². The maximum atomic E-state index is 15.4. The zero-order chi connectivity index (χ0) is 28.3. The minimum Gasteiger partial charge on any atom is -0.495 e. The summed E-state index contributed by atoms with van der Waals surface area (Å²) in [4.78, 5) is 29.3. The van der Waals surface area contributed by atoms with Crippen molar-refractivity contribution in [2.75, 3.05) is 65.0 Å². The fourth-order valence-electron chi connectivity index (χ4n) is 5.64. The van der Waals surface area contributed by atoms with Crippen LogP contribution in [0.4, 0.5) is 16.0 Å². The molecule has 3 fully saturated rings. The van der Waals surface area contributed by atoms with Crippen molar-refractivity contribution in [2.45, 2.75) is 31.4 Å². The van der Waals surface area contributed by atoms with E-state index in [1.54, 1.807) is 4.90 Å². The molecule has 12 nitrogen and oxygen atoms in total. The molecule has 2 N–H and O–H groups in total. The highest BCUT2D eigenvalue weighted by atomic mass is 19.1. The molecule has 3 saturated heterocycles. The van der Waals surface area contributed by atoms with Gasteiger partial charge in [0.05, 0.1) is 55.7 Å². The summed E-state index contributed by atoms with van der Waals surface area (Å²) in [6.45, 7) is 5.40. The molecule has 5 heterocycles. The first kappa shape index (κ1) is 27.2. The summed E-state index contributed by atoms with van der Waals surface area (Å²) in [7, 11) is 1.45. The molecule has 0 spiro atoms. The van der Waals surface area contributed by atoms with Crippen molar-refractivity contribution in [3.8, 4) is 17.7 Å². The number of benzene rings is 1. The molecule has 0 aliphatic carbocycles. The van der Waals surface area contributed by atoms with E-state index in [4.69, 9.17) is 18.9 Å². The van der Waals surface area contributed by atoms with E-state index in [1.807, 2.05) is 0 Å². The minimum absolute atomic E-state index is 0.0538. The van der Waals surface area contributed by atoms with Crippen LogP contribution in [0.25, 0.3) is 11.0 Å². The number of fused-ring (bicyclic) bond motifs is 1. The largest absolute Gasteiger partial charge is 0.495 e. The number of carbonyl (C=O) groups is 1. The molecule has 1 amide bonds. The normalized spacial score (nSPS) is 20.2. The van der Waals surface area contributed by atoms with E-state index in [1.165, 1.54) is 25.4 Å². The highest BCUT2D eigenvalue weighted by molar-refractivity contribution is 5.96. The quantitative estimate of drug-likeness (QED) is 0.440. The predicted molar refractivity (Wildman–Crippen MR) is 146 cm³/mol. The number of anilines is 2. The number of aromatic amines is 1. The minimum atomic E-state index is -0.680. The first-order valence-corrected chi connectivity index (χ1v) is 13.8. The summed E-state index contributed by atoms with van der Waals surface area (Å²) in [6, 6.07) is 5.14. The molecule has 0 saturated carbocycles. The third-order valence-corrected chi connectivity index (χ3v) is 7.86. The van der Waals surface area contributed by atoms with E-state index < -0.39 is 5.82 Å². The highest BCUT2D eigenvalue weighted by Gasteiger charge is 2.30. The lowest BCUT2D eigenvalue weighted by molar-refractivity contribution is 0.00154. The molecule has 1 unspecified atom stereocenters. The van der Waals surface area contributed by atoms with Gasteiger partial charge in [-0.25, -0.2) is 4.39 Å². The molecule has 0 radical (unpaired) electrons. The monoisotopic (exact) mass is 565 g/mol. The Hall–Kier alpha value is -3.99. The van der Waals surface area contributed by atoms with Crippen molar-refractivity contribution in [1.29, 1.82) is 5.26 Å². The van der Waals surface area contributed by atoms with Gasteiger partial charge in [-0.3, -0.25) is 9.69 Å². The number of methoxy groups -OCH3 is 1. The second-order valence-electron chi connectivity index (χ2n) is 10.3. The maximum absolute atomic E-state index is 15.4. The molecule has 0 bridgehead atoms. The van der Waals surface area contributed by atoms with Crippen LogP contribution in [-0.2, 0) is 9.47 Å². The van der Waals surface area contributed by atoms with Crippen LogP contribution in [0.15, 0.2) is 18.3 Å². The Labute approximate surface area is 236 Å². The Kier molecular flexibility index (Phi) is 7.86. The molecule has 6 rings (SSSR count). The van der Waals surface area contributed by atoms with Gasteiger partial charge in [-0.15, -0.1) is 0 Å². The van der Waals surface area contributed by atoms with Crippen molar-refractivity contribution >= 4 is 28.6 Å². The zero-order valence-corrected chi connectivity index (χ0v) is 22.8. The maximum Gasteiger partial charge on any atom is 0.256 e. The molecule has 216 valence electrons. The van der Waals surface area contributed by atoms with Crippen LogP contribution in [0.5, 0.6) is 11.6 Å². The molecule has 2 aromatic heterocycles. The molecule has 3 aromatic rings. The third kappa shape index (κ3) is 5.63. The average Bonchev–Trinajstić information content (AvgIpc) is 3.67. The molecule has 3 aliphatic rings. The van der Waals surface area contributed by atoms with Crippen molar-refractivity contribution in [3.63, 3.8) is 0 Å². The number of rotatable bonds is 7. The second-order valence-corrected chi connectivity index (χ2v) is 10.3. The number of halogens is 1. The van der Waals surface area contributed by atoms with Gasteiger partial charge in [0.1, 0.15) is 29.4 Å². The van der Waals surface area contributed by atoms with E-state index >= 15 is 4.39 Å². The topological polar surface area (TPSA) is 138 Å². The molecule has 13 heteroatoms. The first-order chi connectivity index (χ1) is 20.0. The lowest BCUT2D eigenvalue weighted by Crippen LogP contribution is -2.50. The number of nitrogens with one attached hydrogen (secondary N) is 2. The van der Waals surface area contributed by atoms with Crippen LogP contribution >= 0.6 is 0 Å². The van der Waals surface area contributed by atoms with Crippen LogP contribution in [-0.4, -0.2) is 103 Å². The standard InChI is InChI=1S/C28H32FN7O5/c1-38-23-12-20(27(37)36-5-2-18(3-6-36)35-7-10-39-11-8-35)21(29)13-22(23)32-28-33-25-24(17(14-30)15-31-25)26(34-28)41-19-4-9-40-16-19/h12-13,15,18-19H,2-11,16H2,1H3,(H2,31,32,33,34). The smallest absolute Gasteiger partial charge is 0.256 e. The summed E-state index contributed by atoms with van der Waals surface area (Å²) in [5.74, 6) is -0.453. The molecule has 1 atom stereocenters. The van der Waals surface area contributed by atoms with Crippen LogP contribution in [0, 0.1) is 17.1 Å². The summed E-state index contributed by atoms with van der Waals surface area (Å²) in [5, 5.41) is 13.0. The molecule has 1 aromatic carbocycles. The number of hydrogen-bond acceptors (Lipinski definition) is 10. The molecular weight excluding hydrogens is 533 g/mol. The molecule has 3 aliphatic heterocycles. The van der Waals surface area contributed by atoms with Crippen LogP contribution in [0.3, 0.4) is 0 Å². The highest BCUT2D eigenvalue weighted by Crippen LogP contribution is 2.34. The first-order valence-electron chi connectivity index (χ1n) is 13.8. The van der Waals surface area contributed by atoms with E-state index in [-0.39, 0.29) is 40.8 Å². The number of morpholine rings is 1. The third-order valence-electron chi connectivity index (χ3n) is 7.86. The summed E-state index contributed by atoms with van der Waals surface area (Å²) in [5.41, 5.74) is 0.927. The summed E-state index contributed by atoms with van der Waals surface area (Å²) in [6.07, 6.45) is 3.70. The van der Waals surface area contributed by atoms with E-state index in [9.17, 15) is 10.1 Å². The number of piperidine rings is 1. The van der Waals surface area contributed by atoms with Gasteiger partial charge >= 0.3 is 0 Å². The molecule has 41 heavy (non-hydrogen) atoms. The number of carbonyl (C=O) groups excluding carboxylic acids is 1. The number of aromatic nitrogens is 3. The van der Waals surface area contributed by atoms with Crippen LogP contribution in [0.2, 0.25) is 0 Å². The van der Waals surface area contributed by atoms with Gasteiger partial charge in [0.25, 0.3) is 5.91 Å². The number of nitrogens with zero attached hydrogens (tertiary/aromatic N) is 5. The van der Waals surface area contributed by atoms with Crippen molar-refractivity contribution in [1.82, 2.24) is 24.8 Å². The fraction of sp³-hybridized carbons (Fsp3) is 0.500. The lowest BCUT2D eigenvalue weighted by Gasteiger charge is -2.40. The van der Waals surface area contributed by atoms with E-state index in [0.29, 0.717) is 55.4 Å². The Morgan fingerprint density at radius 2 is 1.95 bits per heavy atom. The molecular formula is C28H32FN7O5. The van der Waals surface area contributed by atoms with Gasteiger partial charge in [-0.05, 0) is 18.9 Å². The van der Waals surface area contributed by atoms with Crippen LogP contribution in [0.1, 0.15) is 35.2 Å².